The van der Waals surface area contributed by atoms with E-state index in [1.807, 2.05) is 0 Å². The molecule has 0 aromatic heterocycles. The first kappa shape index (κ1) is 13.5. The van der Waals surface area contributed by atoms with Crippen LogP contribution < -0.4 is 0 Å². The quantitative estimate of drug-likeness (QED) is 0.415. The fraction of sp³-hybridized carbons (Fsp3) is 0.750. The number of rotatable bonds is 5. The fourth-order valence-corrected chi connectivity index (χ4v) is 1.09. The molecule has 0 amide bonds. The number of carbonyl (C=O) groups is 2. The van der Waals surface area contributed by atoms with E-state index in [0.717, 1.165) is 0 Å². The van der Waals surface area contributed by atoms with Crippen molar-refractivity contribution in [1.82, 2.24) is 0 Å². The lowest BCUT2D eigenvalue weighted by molar-refractivity contribution is -0.319. The van der Waals surface area contributed by atoms with Crippen molar-refractivity contribution in [3.05, 3.63) is 0 Å². The van der Waals surface area contributed by atoms with Crippen LogP contribution in [0.25, 0.3) is 0 Å². The molecule has 0 rings (SSSR count). The largest absolute Gasteiger partial charge is 0.537 e. The first-order valence-electron chi connectivity index (χ1n) is 4.21. The molecular formula is C8H14O7. The van der Waals surface area contributed by atoms with Crippen molar-refractivity contribution in [2.45, 2.75) is 38.9 Å². The summed E-state index contributed by atoms with van der Waals surface area (Å²) in [5, 5.41) is 16.5. The van der Waals surface area contributed by atoms with E-state index in [4.69, 9.17) is 10.2 Å². The summed E-state index contributed by atoms with van der Waals surface area (Å²) in [4.78, 5) is 28.7. The van der Waals surface area contributed by atoms with E-state index in [0.29, 0.717) is 0 Å². The predicted molar refractivity (Wildman–Crippen MR) is 47.5 cm³/mol. The highest BCUT2D eigenvalue weighted by Crippen LogP contribution is 2.18. The van der Waals surface area contributed by atoms with Crippen molar-refractivity contribution in [1.29, 1.82) is 0 Å². The summed E-state index contributed by atoms with van der Waals surface area (Å²) in [6.07, 6.45) is -3.39. The molecule has 2 N–H and O–H groups in total. The summed E-state index contributed by atoms with van der Waals surface area (Å²) in [6.45, 7) is 4.63. The van der Waals surface area contributed by atoms with Gasteiger partial charge in [-0.3, -0.25) is 4.89 Å². The van der Waals surface area contributed by atoms with Gasteiger partial charge in [-0.15, -0.1) is 0 Å². The van der Waals surface area contributed by atoms with Crippen molar-refractivity contribution in [3.8, 4) is 0 Å². The molecule has 0 heterocycles. The van der Waals surface area contributed by atoms with Gasteiger partial charge in [-0.25, -0.2) is 9.59 Å². The van der Waals surface area contributed by atoms with E-state index in [1.165, 1.54) is 6.92 Å². The SMILES string of the molecule is CC(CC(C)(C)OOC(=O)O)OC(=O)O. The molecule has 0 saturated carbocycles. The van der Waals surface area contributed by atoms with E-state index in [-0.39, 0.29) is 6.42 Å². The van der Waals surface area contributed by atoms with Crippen molar-refractivity contribution >= 4 is 12.3 Å². The van der Waals surface area contributed by atoms with E-state index in [2.05, 4.69) is 14.5 Å². The van der Waals surface area contributed by atoms with Gasteiger partial charge in [0.15, 0.2) is 0 Å². The Hall–Kier alpha value is -1.50. The van der Waals surface area contributed by atoms with Crippen LogP contribution in [-0.2, 0) is 14.5 Å². The zero-order valence-electron chi connectivity index (χ0n) is 8.72. The van der Waals surface area contributed by atoms with Crippen LogP contribution >= 0.6 is 0 Å². The van der Waals surface area contributed by atoms with Gasteiger partial charge in [0.2, 0.25) is 0 Å². The average molecular weight is 222 g/mol. The molecule has 0 spiro atoms. The van der Waals surface area contributed by atoms with E-state index >= 15 is 0 Å². The third kappa shape index (κ3) is 7.56. The second-order valence-corrected chi connectivity index (χ2v) is 3.59. The third-order valence-corrected chi connectivity index (χ3v) is 1.42. The number of hydrogen-bond donors (Lipinski definition) is 2. The van der Waals surface area contributed by atoms with Crippen LogP contribution in [0.5, 0.6) is 0 Å². The smallest absolute Gasteiger partial charge is 0.450 e. The lowest BCUT2D eigenvalue weighted by atomic mass is 10.0. The second-order valence-electron chi connectivity index (χ2n) is 3.59. The Bertz CT molecular complexity index is 235. The van der Waals surface area contributed by atoms with Crippen LogP contribution in [0.4, 0.5) is 9.59 Å². The topological polar surface area (TPSA) is 102 Å². The summed E-state index contributed by atoms with van der Waals surface area (Å²) >= 11 is 0. The summed E-state index contributed by atoms with van der Waals surface area (Å²) in [5.74, 6) is 0. The molecule has 0 fully saturated rings. The lowest BCUT2D eigenvalue weighted by Gasteiger charge is -2.24. The van der Waals surface area contributed by atoms with Gasteiger partial charge >= 0.3 is 12.3 Å². The van der Waals surface area contributed by atoms with Crippen LogP contribution in [0.3, 0.4) is 0 Å². The second kappa shape index (κ2) is 5.40. The number of ether oxygens (including phenoxy) is 1. The maximum atomic E-state index is 10.2. The lowest BCUT2D eigenvalue weighted by Crippen LogP contribution is -2.31. The van der Waals surface area contributed by atoms with Gasteiger partial charge in [0.05, 0.1) is 0 Å². The molecule has 0 aromatic carbocycles. The average Bonchev–Trinajstić information content (AvgIpc) is 1.98. The van der Waals surface area contributed by atoms with Crippen molar-refractivity contribution in [2.24, 2.45) is 0 Å². The highest BCUT2D eigenvalue weighted by atomic mass is 17.2. The Balaban J connectivity index is 4.00. The van der Waals surface area contributed by atoms with Crippen LogP contribution in [0.2, 0.25) is 0 Å². The van der Waals surface area contributed by atoms with Crippen LogP contribution in [0.1, 0.15) is 27.2 Å². The molecule has 0 saturated heterocycles. The summed E-state index contributed by atoms with van der Waals surface area (Å²) in [7, 11) is 0. The van der Waals surface area contributed by atoms with Gasteiger partial charge in [0, 0.05) is 6.42 Å². The van der Waals surface area contributed by atoms with Crippen molar-refractivity contribution in [2.75, 3.05) is 0 Å². The first-order valence-corrected chi connectivity index (χ1v) is 4.21. The third-order valence-electron chi connectivity index (χ3n) is 1.42. The maximum absolute atomic E-state index is 10.2. The predicted octanol–water partition coefficient (Wildman–Crippen LogP) is 1.86. The molecule has 7 nitrogen and oxygen atoms in total. The van der Waals surface area contributed by atoms with E-state index in [9.17, 15) is 9.59 Å². The van der Waals surface area contributed by atoms with Gasteiger partial charge in [-0.1, -0.05) is 0 Å². The van der Waals surface area contributed by atoms with E-state index in [1.54, 1.807) is 13.8 Å². The molecule has 1 unspecified atom stereocenters. The zero-order valence-corrected chi connectivity index (χ0v) is 8.72. The molecule has 88 valence electrons. The molecule has 0 bridgehead atoms. The van der Waals surface area contributed by atoms with Crippen LogP contribution in [-0.4, -0.2) is 34.2 Å². The van der Waals surface area contributed by atoms with Crippen molar-refractivity contribution < 1.29 is 34.3 Å². The Morgan fingerprint density at radius 1 is 1.27 bits per heavy atom. The van der Waals surface area contributed by atoms with Crippen LogP contribution in [0.15, 0.2) is 0 Å². The van der Waals surface area contributed by atoms with Crippen molar-refractivity contribution in [3.63, 3.8) is 0 Å². The maximum Gasteiger partial charge on any atom is 0.537 e. The number of carboxylic acid groups (broad SMARTS) is 2. The summed E-state index contributed by atoms with van der Waals surface area (Å²) in [6, 6.07) is 0. The van der Waals surface area contributed by atoms with Gasteiger partial charge < -0.3 is 14.9 Å². The highest BCUT2D eigenvalue weighted by Gasteiger charge is 2.26. The molecule has 0 radical (unpaired) electrons. The number of hydrogen-bond acceptors (Lipinski definition) is 5. The Kier molecular flexibility index (Phi) is 4.86. The summed E-state index contributed by atoms with van der Waals surface area (Å²) in [5.41, 5.74) is -0.951. The van der Waals surface area contributed by atoms with Crippen LogP contribution in [0, 0.1) is 0 Å². The highest BCUT2D eigenvalue weighted by molar-refractivity contribution is 5.57. The Labute approximate surface area is 86.5 Å². The molecule has 15 heavy (non-hydrogen) atoms. The first-order chi connectivity index (χ1) is 6.73. The molecule has 0 aliphatic heterocycles. The molecule has 0 aromatic rings. The molecule has 0 aliphatic rings. The normalized spacial score (nSPS) is 13.0. The molecular weight excluding hydrogens is 208 g/mol. The van der Waals surface area contributed by atoms with Gasteiger partial charge in [0.25, 0.3) is 0 Å². The Morgan fingerprint density at radius 3 is 2.20 bits per heavy atom. The van der Waals surface area contributed by atoms with Gasteiger partial charge in [0.1, 0.15) is 11.7 Å². The monoisotopic (exact) mass is 222 g/mol. The molecule has 1 atom stereocenters. The minimum Gasteiger partial charge on any atom is -0.450 e. The molecule has 0 aliphatic carbocycles. The Morgan fingerprint density at radius 2 is 1.80 bits per heavy atom. The fourth-order valence-electron chi connectivity index (χ4n) is 1.09. The minimum atomic E-state index is -1.56. The minimum absolute atomic E-state index is 0.173. The summed E-state index contributed by atoms with van der Waals surface area (Å²) < 4.78 is 4.43. The molecule has 7 heteroatoms. The van der Waals surface area contributed by atoms with Gasteiger partial charge in [-0.2, -0.15) is 4.89 Å². The standard InChI is InChI=1S/C8H14O7/c1-5(13-6(9)10)4-8(2,3)15-14-7(11)12/h5H,4H2,1-3H3,(H,9,10)(H,11,12). The van der Waals surface area contributed by atoms with Gasteiger partial charge in [-0.05, 0) is 20.8 Å². The zero-order chi connectivity index (χ0) is 12.1. The van der Waals surface area contributed by atoms with E-state index < -0.39 is 24.0 Å².